The molecule has 0 N–H and O–H groups in total. The molecule has 0 bridgehead atoms. The van der Waals surface area contributed by atoms with Gasteiger partial charge >= 0.3 is 0 Å². The molecule has 0 aliphatic heterocycles. The van der Waals surface area contributed by atoms with Crippen molar-refractivity contribution in [3.05, 3.63) is 70.6 Å². The van der Waals surface area contributed by atoms with E-state index in [0.29, 0.717) is 0 Å². The number of aryl methyl sites for hydroxylation is 1. The molecule has 2 heterocycles. The third kappa shape index (κ3) is 3.50. The lowest BCUT2D eigenvalue weighted by Crippen LogP contribution is -2.21. The van der Waals surface area contributed by atoms with Gasteiger partial charge in [0.05, 0.1) is 6.54 Å². The average molecular weight is 375 g/mol. The molecule has 4 rings (SSSR count). The highest BCUT2D eigenvalue weighted by Gasteiger charge is 2.25. The average Bonchev–Trinajstić information content (AvgIpc) is 3.36. The molecule has 0 saturated heterocycles. The first-order valence-corrected chi connectivity index (χ1v) is 9.94. The molecule has 0 radical (unpaired) electrons. The summed E-state index contributed by atoms with van der Waals surface area (Å²) in [4.78, 5) is 17.5. The third-order valence-electron chi connectivity index (χ3n) is 5.63. The van der Waals surface area contributed by atoms with E-state index in [0.717, 1.165) is 66.3 Å². The van der Waals surface area contributed by atoms with Crippen molar-refractivity contribution in [1.29, 1.82) is 0 Å². The number of aromatic nitrogens is 1. The smallest absolute Gasteiger partial charge is 0.142 e. The lowest BCUT2D eigenvalue weighted by Gasteiger charge is -2.15. The maximum absolute atomic E-state index is 11.0. The van der Waals surface area contributed by atoms with Crippen LogP contribution < -0.4 is 0 Å². The first kappa shape index (κ1) is 18.6. The number of pyridine rings is 1. The highest BCUT2D eigenvalue weighted by atomic mass is 16.3. The van der Waals surface area contributed by atoms with Crippen molar-refractivity contribution in [3.8, 4) is 22.5 Å². The van der Waals surface area contributed by atoms with Gasteiger partial charge in [0.15, 0.2) is 0 Å². The number of benzene rings is 1. The van der Waals surface area contributed by atoms with Crippen LogP contribution >= 0.6 is 0 Å². The van der Waals surface area contributed by atoms with Gasteiger partial charge in [0, 0.05) is 23.5 Å². The number of fused-ring (bicyclic) bond motifs is 1. The summed E-state index contributed by atoms with van der Waals surface area (Å²) in [5, 5.41) is 3.27. The number of hydrogen-bond acceptors (Lipinski definition) is 5. The van der Waals surface area contributed by atoms with Crippen molar-refractivity contribution in [1.82, 2.24) is 9.88 Å². The van der Waals surface area contributed by atoms with Crippen molar-refractivity contribution < 1.29 is 4.42 Å². The van der Waals surface area contributed by atoms with Crippen LogP contribution in [0.3, 0.4) is 0 Å². The molecule has 5 heteroatoms. The molecule has 1 aromatic carbocycles. The van der Waals surface area contributed by atoms with Crippen LogP contribution in [-0.2, 0) is 13.0 Å². The zero-order valence-electron chi connectivity index (χ0n) is 16.4. The van der Waals surface area contributed by atoms with Crippen LogP contribution in [0.5, 0.6) is 0 Å². The van der Waals surface area contributed by atoms with Crippen molar-refractivity contribution >= 4 is 0 Å². The summed E-state index contributed by atoms with van der Waals surface area (Å²) in [6.07, 6.45) is 5.29. The van der Waals surface area contributed by atoms with Crippen molar-refractivity contribution in [2.75, 3.05) is 13.1 Å². The Morgan fingerprint density at radius 2 is 1.89 bits per heavy atom. The quantitative estimate of drug-likeness (QED) is 0.504. The standard InChI is InChI=1S/C23H25N3O2/c1-3-26(4-2)15-19-14-21(16-9-11-24-12-10-16)23(28-19)18-5-7-20-17(13-18)6-8-22(20)25-27/h5,7,9-14,22H,3-4,6,8,15H2,1-2H3. The Kier molecular flexibility index (Phi) is 5.35. The van der Waals surface area contributed by atoms with Crippen molar-refractivity contribution in [2.24, 2.45) is 5.18 Å². The molecular weight excluding hydrogens is 350 g/mol. The number of nitrogens with zero attached hydrogens (tertiary/aromatic N) is 3. The summed E-state index contributed by atoms with van der Waals surface area (Å²) in [5.41, 5.74) is 5.46. The normalized spacial score (nSPS) is 15.8. The Morgan fingerprint density at radius 1 is 1.11 bits per heavy atom. The molecule has 1 atom stereocenters. The van der Waals surface area contributed by atoms with Gasteiger partial charge < -0.3 is 4.42 Å². The first-order valence-electron chi connectivity index (χ1n) is 9.94. The van der Waals surface area contributed by atoms with Crippen LogP contribution in [-0.4, -0.2) is 23.0 Å². The highest BCUT2D eigenvalue weighted by Crippen LogP contribution is 2.40. The molecule has 1 aliphatic rings. The Morgan fingerprint density at radius 3 is 2.61 bits per heavy atom. The van der Waals surface area contributed by atoms with Crippen LogP contribution in [0.15, 0.2) is 58.4 Å². The van der Waals surface area contributed by atoms with Crippen LogP contribution in [0.1, 0.15) is 43.2 Å². The molecular formula is C23H25N3O2. The van der Waals surface area contributed by atoms with Crippen LogP contribution in [0, 0.1) is 4.91 Å². The van der Waals surface area contributed by atoms with Crippen LogP contribution in [0.4, 0.5) is 0 Å². The van der Waals surface area contributed by atoms with Gasteiger partial charge in [-0.25, -0.2) is 0 Å². The molecule has 3 aromatic rings. The molecule has 0 saturated carbocycles. The molecule has 1 aliphatic carbocycles. The van der Waals surface area contributed by atoms with E-state index in [9.17, 15) is 4.91 Å². The minimum atomic E-state index is -0.210. The van der Waals surface area contributed by atoms with E-state index >= 15 is 0 Å². The molecule has 2 aromatic heterocycles. The van der Waals surface area contributed by atoms with E-state index < -0.39 is 0 Å². The molecule has 28 heavy (non-hydrogen) atoms. The monoisotopic (exact) mass is 375 g/mol. The summed E-state index contributed by atoms with van der Waals surface area (Å²) >= 11 is 0. The second-order valence-corrected chi connectivity index (χ2v) is 7.23. The zero-order chi connectivity index (χ0) is 19.5. The molecule has 0 amide bonds. The van der Waals surface area contributed by atoms with Crippen molar-refractivity contribution in [3.63, 3.8) is 0 Å². The minimum Gasteiger partial charge on any atom is -0.459 e. The molecule has 144 valence electrons. The van der Waals surface area contributed by atoms with Crippen molar-refractivity contribution in [2.45, 2.75) is 39.3 Å². The van der Waals surface area contributed by atoms with E-state index in [4.69, 9.17) is 4.42 Å². The zero-order valence-corrected chi connectivity index (χ0v) is 16.4. The summed E-state index contributed by atoms with van der Waals surface area (Å²) in [7, 11) is 0. The Balaban J connectivity index is 1.77. The van der Waals surface area contributed by atoms with E-state index in [1.54, 1.807) is 12.4 Å². The Hall–Kier alpha value is -2.79. The first-order chi connectivity index (χ1) is 13.7. The Bertz CT molecular complexity index is 961. The van der Waals surface area contributed by atoms with Crippen LogP contribution in [0.2, 0.25) is 0 Å². The number of rotatable bonds is 7. The number of hydrogen-bond donors (Lipinski definition) is 0. The largest absolute Gasteiger partial charge is 0.459 e. The second-order valence-electron chi connectivity index (χ2n) is 7.23. The minimum absolute atomic E-state index is 0.210. The summed E-state index contributed by atoms with van der Waals surface area (Å²) < 4.78 is 6.36. The predicted octanol–water partition coefficient (Wildman–Crippen LogP) is 5.60. The number of nitroso groups, excluding NO2 is 1. The molecule has 0 spiro atoms. The van der Waals surface area contributed by atoms with E-state index in [2.05, 4.69) is 41.0 Å². The van der Waals surface area contributed by atoms with Gasteiger partial charge in [-0.3, -0.25) is 9.88 Å². The van der Waals surface area contributed by atoms with Gasteiger partial charge in [-0.15, -0.1) is 0 Å². The summed E-state index contributed by atoms with van der Waals surface area (Å²) in [6, 6.07) is 12.2. The van der Waals surface area contributed by atoms with Gasteiger partial charge in [-0.05, 0) is 66.9 Å². The fourth-order valence-corrected chi connectivity index (χ4v) is 3.99. The second kappa shape index (κ2) is 8.07. The molecule has 0 fully saturated rings. The van der Waals surface area contributed by atoms with Gasteiger partial charge in [0.25, 0.3) is 0 Å². The maximum atomic E-state index is 11.0. The van der Waals surface area contributed by atoms with E-state index in [1.165, 1.54) is 5.56 Å². The van der Waals surface area contributed by atoms with Gasteiger partial charge in [-0.2, -0.15) is 4.91 Å². The Labute approximate surface area is 165 Å². The summed E-state index contributed by atoms with van der Waals surface area (Å²) in [6.45, 7) is 7.07. The van der Waals surface area contributed by atoms with Gasteiger partial charge in [0.2, 0.25) is 0 Å². The SMILES string of the molecule is CCN(CC)Cc1cc(-c2ccncc2)c(-c2ccc3c(c2)CCC3N=O)o1. The fraction of sp³-hybridized carbons (Fsp3) is 0.348. The highest BCUT2D eigenvalue weighted by molar-refractivity contribution is 5.80. The van der Waals surface area contributed by atoms with E-state index in [-0.39, 0.29) is 6.04 Å². The maximum Gasteiger partial charge on any atom is 0.142 e. The van der Waals surface area contributed by atoms with Gasteiger partial charge in [0.1, 0.15) is 17.6 Å². The molecule has 5 nitrogen and oxygen atoms in total. The van der Waals surface area contributed by atoms with Gasteiger partial charge in [-0.1, -0.05) is 31.2 Å². The third-order valence-corrected chi connectivity index (χ3v) is 5.63. The molecule has 1 unspecified atom stereocenters. The lowest BCUT2D eigenvalue weighted by molar-refractivity contribution is 0.270. The van der Waals surface area contributed by atoms with Crippen LogP contribution in [0.25, 0.3) is 22.5 Å². The fourth-order valence-electron chi connectivity index (χ4n) is 3.99. The topological polar surface area (TPSA) is 58.7 Å². The van der Waals surface area contributed by atoms with E-state index in [1.807, 2.05) is 24.3 Å². The lowest BCUT2D eigenvalue weighted by atomic mass is 9.99. The summed E-state index contributed by atoms with van der Waals surface area (Å²) in [5.74, 6) is 1.83. The predicted molar refractivity (Wildman–Crippen MR) is 111 cm³/mol. The number of furan rings is 1.